The lowest BCUT2D eigenvalue weighted by Gasteiger charge is -2.17. The van der Waals surface area contributed by atoms with E-state index in [2.05, 4.69) is 15.3 Å². The van der Waals surface area contributed by atoms with Gasteiger partial charge in [-0.2, -0.15) is 13.2 Å². The van der Waals surface area contributed by atoms with Crippen molar-refractivity contribution in [2.45, 2.75) is 12.7 Å². The molecule has 2 heterocycles. The van der Waals surface area contributed by atoms with Crippen molar-refractivity contribution in [3.8, 4) is 5.69 Å². The van der Waals surface area contributed by atoms with Crippen molar-refractivity contribution in [1.29, 1.82) is 0 Å². The van der Waals surface area contributed by atoms with Crippen LogP contribution in [0.3, 0.4) is 0 Å². The Morgan fingerprint density at radius 2 is 2.04 bits per heavy atom. The van der Waals surface area contributed by atoms with Crippen molar-refractivity contribution in [1.82, 2.24) is 19.9 Å². The molecule has 9 heteroatoms. The Bertz CT molecular complexity index is 763. The molecule has 1 aliphatic heterocycles. The second-order valence-electron chi connectivity index (χ2n) is 4.88. The molecule has 0 bridgehead atoms. The Labute approximate surface area is 128 Å². The van der Waals surface area contributed by atoms with Crippen LogP contribution in [0.1, 0.15) is 11.3 Å². The van der Waals surface area contributed by atoms with Crippen molar-refractivity contribution in [3.63, 3.8) is 0 Å². The Morgan fingerprint density at radius 1 is 1.22 bits per heavy atom. The maximum atomic E-state index is 13.3. The highest BCUT2D eigenvalue weighted by molar-refractivity contribution is 5.71. The maximum absolute atomic E-state index is 13.3. The highest BCUT2D eigenvalue weighted by Crippen LogP contribution is 2.32. The summed E-state index contributed by atoms with van der Waals surface area (Å²) in [6, 6.07) is 2.69. The molecule has 1 aliphatic rings. The van der Waals surface area contributed by atoms with E-state index < -0.39 is 17.6 Å². The van der Waals surface area contributed by atoms with Crippen LogP contribution in [0.2, 0.25) is 0 Å². The predicted octanol–water partition coefficient (Wildman–Crippen LogP) is 2.78. The third-order valence-electron chi connectivity index (χ3n) is 3.18. The van der Waals surface area contributed by atoms with Crippen LogP contribution in [0, 0.1) is 5.82 Å². The van der Waals surface area contributed by atoms with Crippen molar-refractivity contribution in [3.05, 3.63) is 53.7 Å². The number of rotatable bonds is 3. The first kappa shape index (κ1) is 15.2. The first-order chi connectivity index (χ1) is 10.9. The molecule has 0 aliphatic carbocycles. The van der Waals surface area contributed by atoms with Gasteiger partial charge < -0.3 is 4.90 Å². The number of nitrogens with zero attached hydrogens (tertiary/aromatic N) is 5. The predicted molar refractivity (Wildman–Crippen MR) is 74.4 cm³/mol. The van der Waals surface area contributed by atoms with Crippen LogP contribution in [0.5, 0.6) is 0 Å². The fourth-order valence-electron chi connectivity index (χ4n) is 2.10. The van der Waals surface area contributed by atoms with E-state index in [0.29, 0.717) is 25.0 Å². The molecule has 0 amide bonds. The first-order valence-corrected chi connectivity index (χ1v) is 6.62. The quantitative estimate of drug-likeness (QED) is 0.815. The zero-order valence-electron chi connectivity index (χ0n) is 11.7. The molecule has 2 aromatic rings. The van der Waals surface area contributed by atoms with Crippen molar-refractivity contribution in [2.75, 3.05) is 6.67 Å². The van der Waals surface area contributed by atoms with E-state index in [0.717, 1.165) is 6.07 Å². The average molecular weight is 325 g/mol. The van der Waals surface area contributed by atoms with E-state index in [1.807, 2.05) is 11.1 Å². The van der Waals surface area contributed by atoms with Gasteiger partial charge in [-0.05, 0) is 24.3 Å². The van der Waals surface area contributed by atoms with Crippen molar-refractivity contribution >= 4 is 6.21 Å². The number of hydrogen-bond acceptors (Lipinski definition) is 4. The molecule has 0 atom stereocenters. The summed E-state index contributed by atoms with van der Waals surface area (Å²) in [7, 11) is 0. The maximum Gasteiger partial charge on any atom is 0.419 e. The number of hydrogen-bond donors (Lipinski definition) is 0. The average Bonchev–Trinajstić information content (AvgIpc) is 2.96. The Morgan fingerprint density at radius 3 is 2.74 bits per heavy atom. The molecule has 120 valence electrons. The summed E-state index contributed by atoms with van der Waals surface area (Å²) in [6.07, 6.45) is 2.00. The van der Waals surface area contributed by atoms with Crippen LogP contribution in [0.4, 0.5) is 17.6 Å². The normalized spacial score (nSPS) is 14.5. The number of halogens is 4. The topological polar surface area (TPSA) is 46.3 Å². The van der Waals surface area contributed by atoms with Gasteiger partial charge in [0.25, 0.3) is 0 Å². The summed E-state index contributed by atoms with van der Waals surface area (Å²) in [5, 5.41) is 7.70. The monoisotopic (exact) mass is 325 g/mol. The molecule has 0 N–H and O–H groups in total. The molecule has 0 fully saturated rings. The SMILES string of the molecule is Fc1ccc(-n2cc(CN3C=CC=NC3)nn2)cc1C(F)(F)F. The molecule has 0 radical (unpaired) electrons. The summed E-state index contributed by atoms with van der Waals surface area (Å²) < 4.78 is 52.7. The minimum absolute atomic E-state index is 0.0877. The van der Waals surface area contributed by atoms with Gasteiger partial charge in [0.2, 0.25) is 0 Å². The number of alkyl halides is 3. The molecule has 0 unspecified atom stereocenters. The molecule has 5 nitrogen and oxygen atoms in total. The number of aromatic nitrogens is 3. The van der Waals surface area contributed by atoms with Gasteiger partial charge in [0.1, 0.15) is 18.2 Å². The van der Waals surface area contributed by atoms with Crippen LogP contribution in [-0.2, 0) is 12.7 Å². The van der Waals surface area contributed by atoms with Crippen molar-refractivity contribution in [2.24, 2.45) is 4.99 Å². The summed E-state index contributed by atoms with van der Waals surface area (Å²) in [4.78, 5) is 5.92. The van der Waals surface area contributed by atoms with Gasteiger partial charge in [-0.1, -0.05) is 5.21 Å². The molecule has 0 saturated carbocycles. The van der Waals surface area contributed by atoms with Gasteiger partial charge in [0.15, 0.2) is 0 Å². The summed E-state index contributed by atoms with van der Waals surface area (Å²) in [6.45, 7) is 0.888. The number of allylic oxidation sites excluding steroid dienone is 1. The van der Waals surface area contributed by atoms with E-state index >= 15 is 0 Å². The van der Waals surface area contributed by atoms with Crippen LogP contribution in [0.15, 0.2) is 41.7 Å². The summed E-state index contributed by atoms with van der Waals surface area (Å²) in [5.74, 6) is -1.32. The van der Waals surface area contributed by atoms with E-state index in [1.165, 1.54) is 16.9 Å². The van der Waals surface area contributed by atoms with Gasteiger partial charge in [0, 0.05) is 12.4 Å². The number of benzene rings is 1. The van der Waals surface area contributed by atoms with Gasteiger partial charge >= 0.3 is 6.18 Å². The lowest BCUT2D eigenvalue weighted by molar-refractivity contribution is -0.140. The summed E-state index contributed by atoms with van der Waals surface area (Å²) in [5.41, 5.74) is -0.685. The molecular weight excluding hydrogens is 314 g/mol. The van der Waals surface area contributed by atoms with Crippen molar-refractivity contribution < 1.29 is 17.6 Å². The zero-order chi connectivity index (χ0) is 16.4. The van der Waals surface area contributed by atoms with Gasteiger partial charge in [-0.3, -0.25) is 4.99 Å². The van der Waals surface area contributed by atoms with Crippen LogP contribution in [0.25, 0.3) is 5.69 Å². The van der Waals surface area contributed by atoms with Gasteiger partial charge in [-0.15, -0.1) is 5.10 Å². The lowest BCUT2D eigenvalue weighted by atomic mass is 10.2. The second kappa shape index (κ2) is 5.82. The lowest BCUT2D eigenvalue weighted by Crippen LogP contribution is -2.19. The highest BCUT2D eigenvalue weighted by atomic mass is 19.4. The van der Waals surface area contributed by atoms with E-state index in [9.17, 15) is 17.6 Å². The smallest absolute Gasteiger partial charge is 0.352 e. The van der Waals surface area contributed by atoms with Crippen LogP contribution < -0.4 is 0 Å². The van der Waals surface area contributed by atoms with Crippen LogP contribution in [-0.4, -0.2) is 32.8 Å². The Balaban J connectivity index is 1.83. The van der Waals surface area contributed by atoms with Gasteiger partial charge in [-0.25, -0.2) is 9.07 Å². The Hall–Kier alpha value is -2.71. The molecule has 0 spiro atoms. The van der Waals surface area contributed by atoms with E-state index in [4.69, 9.17) is 0 Å². The fraction of sp³-hybridized carbons (Fsp3) is 0.214. The highest BCUT2D eigenvalue weighted by Gasteiger charge is 2.34. The summed E-state index contributed by atoms with van der Waals surface area (Å²) >= 11 is 0. The standard InChI is InChI=1S/C14H11F4N5/c15-13-3-2-11(6-12(13)14(16,17)18)23-8-10(20-21-23)7-22-5-1-4-19-9-22/h1-6,8H,7,9H2. The Kier molecular flexibility index (Phi) is 3.85. The third-order valence-corrected chi connectivity index (χ3v) is 3.18. The van der Waals surface area contributed by atoms with E-state index in [1.54, 1.807) is 12.3 Å². The molecule has 1 aromatic carbocycles. The second-order valence-corrected chi connectivity index (χ2v) is 4.88. The minimum Gasteiger partial charge on any atom is -0.352 e. The molecule has 0 saturated heterocycles. The molecular formula is C14H11F4N5. The first-order valence-electron chi connectivity index (χ1n) is 6.62. The zero-order valence-corrected chi connectivity index (χ0v) is 11.7. The third kappa shape index (κ3) is 3.38. The molecule has 3 rings (SSSR count). The van der Waals surface area contributed by atoms with E-state index in [-0.39, 0.29) is 5.69 Å². The molecule has 23 heavy (non-hydrogen) atoms. The van der Waals surface area contributed by atoms with Gasteiger partial charge in [0.05, 0.1) is 24.0 Å². The molecule has 1 aromatic heterocycles. The minimum atomic E-state index is -4.76. The fourth-order valence-corrected chi connectivity index (χ4v) is 2.10. The van der Waals surface area contributed by atoms with Crippen LogP contribution >= 0.6 is 0 Å². The largest absolute Gasteiger partial charge is 0.419 e. The number of aliphatic imine (C=N–C) groups is 1.